The summed E-state index contributed by atoms with van der Waals surface area (Å²) in [5.74, 6) is -2.64. The van der Waals surface area contributed by atoms with E-state index in [1.807, 2.05) is 18.2 Å². The lowest BCUT2D eigenvalue weighted by Crippen LogP contribution is -2.45. The molecule has 1 heterocycles. The summed E-state index contributed by atoms with van der Waals surface area (Å²) in [5.41, 5.74) is 0.726. The maximum atomic E-state index is 12.5. The molecule has 1 aliphatic rings. The number of benzene rings is 1. The molecule has 0 spiro atoms. The van der Waals surface area contributed by atoms with Crippen molar-refractivity contribution in [1.29, 1.82) is 0 Å². The lowest BCUT2D eigenvalue weighted by Gasteiger charge is -2.24. The molecule has 6 nitrogen and oxygen atoms in total. The number of halogens is 1. The van der Waals surface area contributed by atoms with Crippen LogP contribution >= 0.6 is 15.9 Å². The Balaban J connectivity index is 2.14. The van der Waals surface area contributed by atoms with E-state index < -0.39 is 23.8 Å². The van der Waals surface area contributed by atoms with Crippen LogP contribution in [-0.4, -0.2) is 47.4 Å². The fourth-order valence-corrected chi connectivity index (χ4v) is 2.80. The van der Waals surface area contributed by atoms with Crippen molar-refractivity contribution in [3.05, 3.63) is 28.7 Å². The number of carboxylic acids is 1. The summed E-state index contributed by atoms with van der Waals surface area (Å²) in [7, 11) is 1.41. The van der Waals surface area contributed by atoms with Crippen LogP contribution in [0.1, 0.15) is 13.3 Å². The molecule has 1 N–H and O–H groups in total. The second kappa shape index (κ2) is 6.48. The Morgan fingerprint density at radius 1 is 1.45 bits per heavy atom. The summed E-state index contributed by atoms with van der Waals surface area (Å²) >= 11 is 3.35. The maximum absolute atomic E-state index is 12.5. The van der Waals surface area contributed by atoms with Crippen molar-refractivity contribution in [3.8, 4) is 0 Å². The van der Waals surface area contributed by atoms with Gasteiger partial charge in [-0.05, 0) is 31.5 Å². The van der Waals surface area contributed by atoms with E-state index in [-0.39, 0.29) is 5.91 Å². The molecule has 2 atom stereocenters. The molecular formula is C15H17BrN2O4. The smallest absolute Gasteiger partial charge is 0.326 e. The minimum Gasteiger partial charge on any atom is -0.480 e. The third kappa shape index (κ3) is 3.14. The highest BCUT2D eigenvalue weighted by Gasteiger charge is 2.40. The molecule has 118 valence electrons. The summed E-state index contributed by atoms with van der Waals surface area (Å²) in [6, 6.07) is 6.34. The largest absolute Gasteiger partial charge is 0.480 e. The summed E-state index contributed by atoms with van der Waals surface area (Å²) in [6.45, 7) is 1.87. The molecule has 0 saturated carbocycles. The van der Waals surface area contributed by atoms with Gasteiger partial charge in [-0.3, -0.25) is 9.59 Å². The summed E-state index contributed by atoms with van der Waals surface area (Å²) in [5, 5.41) is 8.98. The number of nitrogens with zero attached hydrogens (tertiary/aromatic N) is 2. The first kappa shape index (κ1) is 16.5. The standard InChI is InChI=1S/C15H17BrN2O4/c1-9(15(21)22)17(2)13(19)12-6-7-18(14(12)20)11-5-3-4-10(16)8-11/h3-5,8-9,12H,6-7H2,1-2H3,(H,21,22)/t9-,12+/m0/s1. The molecule has 2 rings (SSSR count). The second-order valence-corrected chi connectivity index (χ2v) is 6.19. The number of hydrogen-bond acceptors (Lipinski definition) is 3. The van der Waals surface area contributed by atoms with Crippen molar-refractivity contribution in [1.82, 2.24) is 4.90 Å². The predicted octanol–water partition coefficient (Wildman–Crippen LogP) is 1.73. The maximum Gasteiger partial charge on any atom is 0.326 e. The first-order chi connectivity index (χ1) is 10.3. The van der Waals surface area contributed by atoms with E-state index in [2.05, 4.69) is 15.9 Å². The molecule has 0 radical (unpaired) electrons. The van der Waals surface area contributed by atoms with Gasteiger partial charge in [-0.1, -0.05) is 22.0 Å². The van der Waals surface area contributed by atoms with Crippen molar-refractivity contribution in [2.24, 2.45) is 5.92 Å². The van der Waals surface area contributed by atoms with Gasteiger partial charge in [0, 0.05) is 23.8 Å². The normalized spacial score (nSPS) is 19.1. The van der Waals surface area contributed by atoms with E-state index in [1.54, 1.807) is 11.0 Å². The number of carbonyl (C=O) groups excluding carboxylic acids is 2. The number of carboxylic acid groups (broad SMARTS) is 1. The van der Waals surface area contributed by atoms with E-state index in [0.29, 0.717) is 13.0 Å². The van der Waals surface area contributed by atoms with Crippen LogP contribution in [0.25, 0.3) is 0 Å². The molecule has 1 aromatic carbocycles. The van der Waals surface area contributed by atoms with Gasteiger partial charge >= 0.3 is 5.97 Å². The van der Waals surface area contributed by atoms with Gasteiger partial charge in [0.25, 0.3) is 0 Å². The highest BCUT2D eigenvalue weighted by Crippen LogP contribution is 2.28. The van der Waals surface area contributed by atoms with Crippen LogP contribution in [0.3, 0.4) is 0 Å². The van der Waals surface area contributed by atoms with Crippen molar-refractivity contribution in [2.75, 3.05) is 18.5 Å². The molecule has 1 aromatic rings. The number of aliphatic carboxylic acids is 1. The summed E-state index contributed by atoms with van der Waals surface area (Å²) < 4.78 is 0.851. The Morgan fingerprint density at radius 3 is 2.73 bits per heavy atom. The van der Waals surface area contributed by atoms with E-state index >= 15 is 0 Å². The van der Waals surface area contributed by atoms with Gasteiger partial charge in [0.15, 0.2) is 0 Å². The second-order valence-electron chi connectivity index (χ2n) is 5.27. The van der Waals surface area contributed by atoms with Crippen LogP contribution in [0, 0.1) is 5.92 Å². The monoisotopic (exact) mass is 368 g/mol. The topological polar surface area (TPSA) is 77.9 Å². The van der Waals surface area contributed by atoms with E-state index in [0.717, 1.165) is 15.1 Å². The summed E-state index contributed by atoms with van der Waals surface area (Å²) in [4.78, 5) is 38.5. The van der Waals surface area contributed by atoms with Crippen LogP contribution in [-0.2, 0) is 14.4 Å². The molecular weight excluding hydrogens is 352 g/mol. The van der Waals surface area contributed by atoms with Crippen molar-refractivity contribution < 1.29 is 19.5 Å². The number of likely N-dealkylation sites (N-methyl/N-ethyl adjacent to an activating group) is 1. The van der Waals surface area contributed by atoms with Gasteiger partial charge in [-0.15, -0.1) is 0 Å². The Kier molecular flexibility index (Phi) is 4.85. The van der Waals surface area contributed by atoms with Gasteiger partial charge in [-0.2, -0.15) is 0 Å². The number of anilines is 1. The molecule has 22 heavy (non-hydrogen) atoms. The SMILES string of the molecule is C[C@@H](C(=O)O)N(C)C(=O)[C@H]1CCN(c2cccc(Br)c2)C1=O. The number of amides is 2. The van der Waals surface area contributed by atoms with Crippen LogP contribution < -0.4 is 4.90 Å². The molecule has 7 heteroatoms. The van der Waals surface area contributed by atoms with Crippen molar-refractivity contribution >= 4 is 39.4 Å². The highest BCUT2D eigenvalue weighted by molar-refractivity contribution is 9.10. The molecule has 0 bridgehead atoms. The highest BCUT2D eigenvalue weighted by atomic mass is 79.9. The third-order valence-electron chi connectivity index (χ3n) is 3.91. The van der Waals surface area contributed by atoms with Crippen LogP contribution in [0.5, 0.6) is 0 Å². The number of carbonyl (C=O) groups is 3. The van der Waals surface area contributed by atoms with E-state index in [4.69, 9.17) is 5.11 Å². The van der Waals surface area contributed by atoms with Gasteiger partial charge in [0.05, 0.1) is 0 Å². The fraction of sp³-hybridized carbons (Fsp3) is 0.400. The Bertz CT molecular complexity index is 619. The van der Waals surface area contributed by atoms with Crippen LogP contribution in [0.4, 0.5) is 5.69 Å². The Hall–Kier alpha value is -1.89. The zero-order chi connectivity index (χ0) is 16.4. The molecule has 1 saturated heterocycles. The number of rotatable bonds is 4. The minimum absolute atomic E-state index is 0.285. The average Bonchev–Trinajstić information content (AvgIpc) is 2.86. The van der Waals surface area contributed by atoms with E-state index in [9.17, 15) is 14.4 Å². The third-order valence-corrected chi connectivity index (χ3v) is 4.40. The van der Waals surface area contributed by atoms with E-state index in [1.165, 1.54) is 14.0 Å². The fourth-order valence-electron chi connectivity index (χ4n) is 2.41. The number of hydrogen-bond donors (Lipinski definition) is 1. The molecule has 0 unspecified atom stereocenters. The predicted molar refractivity (Wildman–Crippen MR) is 84.5 cm³/mol. The Labute approximate surface area is 136 Å². The van der Waals surface area contributed by atoms with Gasteiger partial charge in [0.1, 0.15) is 12.0 Å². The summed E-state index contributed by atoms with van der Waals surface area (Å²) in [6.07, 6.45) is 0.390. The van der Waals surface area contributed by atoms with Gasteiger partial charge < -0.3 is 14.9 Å². The molecule has 2 amide bonds. The Morgan fingerprint density at radius 2 is 2.14 bits per heavy atom. The van der Waals surface area contributed by atoms with Crippen molar-refractivity contribution in [2.45, 2.75) is 19.4 Å². The zero-order valence-corrected chi connectivity index (χ0v) is 13.9. The quantitative estimate of drug-likeness (QED) is 0.821. The average molecular weight is 369 g/mol. The van der Waals surface area contributed by atoms with Crippen LogP contribution in [0.15, 0.2) is 28.7 Å². The molecule has 1 fully saturated rings. The lowest BCUT2D eigenvalue weighted by molar-refractivity contribution is -0.151. The van der Waals surface area contributed by atoms with Gasteiger partial charge in [0.2, 0.25) is 11.8 Å². The molecule has 1 aliphatic heterocycles. The molecule has 0 aromatic heterocycles. The lowest BCUT2D eigenvalue weighted by atomic mass is 10.1. The first-order valence-electron chi connectivity index (χ1n) is 6.89. The van der Waals surface area contributed by atoms with Crippen LogP contribution in [0.2, 0.25) is 0 Å². The molecule has 0 aliphatic carbocycles. The minimum atomic E-state index is -1.09. The first-order valence-corrected chi connectivity index (χ1v) is 7.68. The van der Waals surface area contributed by atoms with Gasteiger partial charge in [-0.25, -0.2) is 4.79 Å². The zero-order valence-electron chi connectivity index (χ0n) is 12.3. The van der Waals surface area contributed by atoms with Crippen molar-refractivity contribution in [3.63, 3.8) is 0 Å².